The molecule has 1 rings (SSSR count). The Kier molecular flexibility index (Phi) is 4.41. The summed E-state index contributed by atoms with van der Waals surface area (Å²) >= 11 is 0. The van der Waals surface area contributed by atoms with Crippen molar-refractivity contribution in [1.82, 2.24) is 0 Å². The molecule has 60 valence electrons. The standard InChI is InChI=1S/C7H12P4/c1-6-4-2-3-5-7(6)11(9)10-8/h2-5,10H,8-9H2,1H3. The van der Waals surface area contributed by atoms with Crippen LogP contribution in [0, 0.1) is 6.92 Å². The van der Waals surface area contributed by atoms with Crippen molar-refractivity contribution in [3.63, 3.8) is 0 Å². The summed E-state index contributed by atoms with van der Waals surface area (Å²) in [5.74, 6) is 0. The minimum absolute atomic E-state index is 0.0131. The zero-order valence-electron chi connectivity index (χ0n) is 6.41. The van der Waals surface area contributed by atoms with E-state index in [1.54, 1.807) is 0 Å². The van der Waals surface area contributed by atoms with E-state index in [2.05, 4.69) is 49.0 Å². The fourth-order valence-electron chi connectivity index (χ4n) is 0.903. The number of hydrogen-bond donors (Lipinski definition) is 0. The molecule has 4 heteroatoms. The van der Waals surface area contributed by atoms with Crippen LogP contribution >= 0.6 is 33.1 Å². The molecule has 0 aliphatic heterocycles. The van der Waals surface area contributed by atoms with Gasteiger partial charge in [0.2, 0.25) is 0 Å². The van der Waals surface area contributed by atoms with Gasteiger partial charge in [0.05, 0.1) is 0 Å². The molecule has 4 unspecified atom stereocenters. The van der Waals surface area contributed by atoms with Crippen molar-refractivity contribution in [2.24, 2.45) is 0 Å². The average molecular weight is 220 g/mol. The molecule has 0 amide bonds. The molecule has 11 heavy (non-hydrogen) atoms. The van der Waals surface area contributed by atoms with Gasteiger partial charge in [-0.3, -0.25) is 0 Å². The summed E-state index contributed by atoms with van der Waals surface area (Å²) in [4.78, 5) is 0. The van der Waals surface area contributed by atoms with Gasteiger partial charge >= 0.3 is 0 Å². The zero-order chi connectivity index (χ0) is 8.27. The van der Waals surface area contributed by atoms with Gasteiger partial charge < -0.3 is 0 Å². The summed E-state index contributed by atoms with van der Waals surface area (Å²) < 4.78 is 0. The molecule has 0 aliphatic rings. The van der Waals surface area contributed by atoms with E-state index in [-0.39, 0.29) is 7.30 Å². The van der Waals surface area contributed by atoms with Gasteiger partial charge in [-0.15, -0.1) is 17.9 Å². The highest BCUT2D eigenvalue weighted by molar-refractivity contribution is 8.63. The van der Waals surface area contributed by atoms with E-state index >= 15 is 0 Å². The first-order chi connectivity index (χ1) is 5.25. The van der Waals surface area contributed by atoms with E-state index in [4.69, 9.17) is 0 Å². The maximum atomic E-state index is 2.94. The molecule has 0 saturated heterocycles. The molecule has 0 heterocycles. The smallest absolute Gasteiger partial charge is 0.0129 e. The van der Waals surface area contributed by atoms with E-state index < -0.39 is 0 Å². The zero-order valence-corrected chi connectivity index (χ0v) is 10.6. The Morgan fingerprint density at radius 3 is 2.55 bits per heavy atom. The van der Waals surface area contributed by atoms with Crippen molar-refractivity contribution in [2.45, 2.75) is 6.92 Å². The van der Waals surface area contributed by atoms with Gasteiger partial charge in [0.15, 0.2) is 0 Å². The van der Waals surface area contributed by atoms with Gasteiger partial charge in [-0.1, -0.05) is 32.2 Å². The highest BCUT2D eigenvalue weighted by Crippen LogP contribution is 2.65. The summed E-state index contributed by atoms with van der Waals surface area (Å²) in [6, 6.07) is 8.62. The van der Waals surface area contributed by atoms with Gasteiger partial charge in [0, 0.05) is 0 Å². The highest BCUT2D eigenvalue weighted by atomic mass is 32.6. The lowest BCUT2D eigenvalue weighted by Gasteiger charge is -2.11. The van der Waals surface area contributed by atoms with Gasteiger partial charge in [0.1, 0.15) is 0 Å². The Morgan fingerprint density at radius 1 is 1.36 bits per heavy atom. The molecule has 4 atom stereocenters. The third kappa shape index (κ3) is 2.72. The number of benzene rings is 1. The molecule has 0 fully saturated rings. The second kappa shape index (κ2) is 4.84. The molecular formula is C7H12P4. The fourth-order valence-corrected chi connectivity index (χ4v) is 5.03. The van der Waals surface area contributed by atoms with E-state index in [0.29, 0.717) is 0 Å². The number of hydrogen-bond acceptors (Lipinski definition) is 0. The van der Waals surface area contributed by atoms with Crippen molar-refractivity contribution in [3.8, 4) is 0 Å². The monoisotopic (exact) mass is 220 g/mol. The molecule has 0 aromatic heterocycles. The maximum Gasteiger partial charge on any atom is -0.0129 e. The Labute approximate surface area is 75.6 Å². The summed E-state index contributed by atoms with van der Waals surface area (Å²) in [7, 11) is 6.73. The van der Waals surface area contributed by atoms with Crippen LogP contribution < -0.4 is 5.30 Å². The van der Waals surface area contributed by atoms with Crippen LogP contribution in [-0.2, 0) is 0 Å². The summed E-state index contributed by atoms with van der Waals surface area (Å²) in [5, 5.41) is 1.51. The van der Waals surface area contributed by atoms with Crippen LogP contribution in [0.15, 0.2) is 24.3 Å². The Morgan fingerprint density at radius 2 is 2.00 bits per heavy atom. The lowest BCUT2D eigenvalue weighted by Crippen LogP contribution is -1.98. The topological polar surface area (TPSA) is 0 Å². The van der Waals surface area contributed by atoms with Crippen LogP contribution in [0.3, 0.4) is 0 Å². The molecular weight excluding hydrogens is 208 g/mol. The molecule has 0 nitrogen and oxygen atoms in total. The molecule has 0 spiro atoms. The van der Waals surface area contributed by atoms with Crippen LogP contribution in [0.1, 0.15) is 5.56 Å². The third-order valence-corrected chi connectivity index (χ3v) is 11.7. The van der Waals surface area contributed by atoms with Crippen molar-refractivity contribution < 1.29 is 0 Å². The second-order valence-corrected chi connectivity index (χ2v) is 11.4. The predicted molar refractivity (Wildman–Crippen MR) is 65.5 cm³/mol. The van der Waals surface area contributed by atoms with Crippen LogP contribution in [0.4, 0.5) is 0 Å². The quantitative estimate of drug-likeness (QED) is 0.671. The van der Waals surface area contributed by atoms with E-state index in [1.807, 2.05) is 0 Å². The summed E-state index contributed by atoms with van der Waals surface area (Å²) in [5.41, 5.74) is 1.42. The van der Waals surface area contributed by atoms with E-state index in [9.17, 15) is 0 Å². The SMILES string of the molecule is Cc1ccccc1P(P)PP. The molecule has 0 radical (unpaired) electrons. The van der Waals surface area contributed by atoms with Crippen molar-refractivity contribution in [1.29, 1.82) is 0 Å². The Hall–Kier alpha value is 0.940. The van der Waals surface area contributed by atoms with Gasteiger partial charge in [-0.25, -0.2) is 0 Å². The number of aryl methyl sites for hydroxylation is 1. The molecule has 0 saturated carbocycles. The Balaban J connectivity index is 2.93. The summed E-state index contributed by atoms with van der Waals surface area (Å²) in [6.45, 7) is 2.18. The Bertz CT molecular complexity index is 236. The number of rotatable bonds is 2. The molecule has 0 aliphatic carbocycles. The second-order valence-electron chi connectivity index (χ2n) is 2.29. The molecule has 0 N–H and O–H groups in total. The average Bonchev–Trinajstić information content (AvgIpc) is 2.04. The van der Waals surface area contributed by atoms with Crippen molar-refractivity contribution in [2.75, 3.05) is 0 Å². The third-order valence-electron chi connectivity index (χ3n) is 1.51. The predicted octanol–water partition coefficient (Wildman–Crippen LogP) is 3.28. The normalized spacial score (nSPS) is 14.1. The fraction of sp³-hybridized carbons (Fsp3) is 0.143. The first-order valence-electron chi connectivity index (χ1n) is 3.32. The van der Waals surface area contributed by atoms with Crippen molar-refractivity contribution in [3.05, 3.63) is 29.8 Å². The lowest BCUT2D eigenvalue weighted by atomic mass is 10.2. The van der Waals surface area contributed by atoms with Crippen LogP contribution in [-0.4, -0.2) is 0 Å². The maximum absolute atomic E-state index is 2.94. The molecule has 0 bridgehead atoms. The lowest BCUT2D eigenvalue weighted by molar-refractivity contribution is 1.52. The van der Waals surface area contributed by atoms with Gasteiger partial charge in [0.25, 0.3) is 0 Å². The van der Waals surface area contributed by atoms with Crippen LogP contribution in [0.5, 0.6) is 0 Å². The minimum atomic E-state index is 0.0131. The van der Waals surface area contributed by atoms with Gasteiger partial charge in [-0.2, -0.15) is 0 Å². The molecule has 1 aromatic rings. The van der Waals surface area contributed by atoms with Crippen LogP contribution in [0.25, 0.3) is 0 Å². The summed E-state index contributed by atoms with van der Waals surface area (Å²) in [6.07, 6.45) is 0. The van der Waals surface area contributed by atoms with Crippen LogP contribution in [0.2, 0.25) is 0 Å². The largest absolute Gasteiger partial charge is 0.109 e. The van der Waals surface area contributed by atoms with E-state index in [1.165, 1.54) is 10.9 Å². The first kappa shape index (κ1) is 10.0. The first-order valence-corrected chi connectivity index (χ1v) is 9.93. The highest BCUT2D eigenvalue weighted by Gasteiger charge is 2.03. The molecule has 1 aromatic carbocycles. The van der Waals surface area contributed by atoms with Gasteiger partial charge in [-0.05, 0) is 25.1 Å². The van der Waals surface area contributed by atoms with E-state index in [0.717, 1.165) is 7.96 Å². The minimum Gasteiger partial charge on any atom is -0.109 e. The van der Waals surface area contributed by atoms with Crippen molar-refractivity contribution >= 4 is 38.4 Å².